The van der Waals surface area contributed by atoms with Crippen LogP contribution in [0.3, 0.4) is 0 Å². The molecule has 1 atom stereocenters. The predicted molar refractivity (Wildman–Crippen MR) is 57.3 cm³/mol. The minimum atomic E-state index is 0.530. The fourth-order valence-electron chi connectivity index (χ4n) is 2.14. The molecule has 1 aromatic rings. The van der Waals surface area contributed by atoms with Crippen LogP contribution < -0.4 is 5.32 Å². The number of nitrogens with one attached hydrogen (secondary N) is 1. The van der Waals surface area contributed by atoms with E-state index >= 15 is 0 Å². The van der Waals surface area contributed by atoms with Crippen LogP contribution >= 0.6 is 0 Å². The van der Waals surface area contributed by atoms with Crippen molar-refractivity contribution >= 4 is 0 Å². The van der Waals surface area contributed by atoms with Crippen molar-refractivity contribution in [2.24, 2.45) is 5.92 Å². The SMILES string of the molecule is CC(C)n1cncc1CC1CCNC1. The van der Waals surface area contributed by atoms with Gasteiger partial charge in [-0.3, -0.25) is 0 Å². The molecule has 78 valence electrons. The fraction of sp³-hybridized carbons (Fsp3) is 0.727. The van der Waals surface area contributed by atoms with Gasteiger partial charge in [0.25, 0.3) is 0 Å². The summed E-state index contributed by atoms with van der Waals surface area (Å²) in [5.41, 5.74) is 1.38. The first-order valence-corrected chi connectivity index (χ1v) is 5.49. The summed E-state index contributed by atoms with van der Waals surface area (Å²) in [6.45, 7) is 6.76. The number of hydrogen-bond acceptors (Lipinski definition) is 2. The number of nitrogens with zero attached hydrogens (tertiary/aromatic N) is 2. The van der Waals surface area contributed by atoms with Gasteiger partial charge in [-0.25, -0.2) is 4.98 Å². The maximum Gasteiger partial charge on any atom is 0.0950 e. The summed E-state index contributed by atoms with van der Waals surface area (Å²) >= 11 is 0. The molecule has 1 fully saturated rings. The van der Waals surface area contributed by atoms with Gasteiger partial charge in [0.05, 0.1) is 6.33 Å². The molecule has 0 amide bonds. The second-order valence-electron chi connectivity index (χ2n) is 4.45. The summed E-state index contributed by atoms with van der Waals surface area (Å²) in [7, 11) is 0. The van der Waals surface area contributed by atoms with E-state index in [0.717, 1.165) is 5.92 Å². The molecule has 2 rings (SSSR count). The topological polar surface area (TPSA) is 29.9 Å². The van der Waals surface area contributed by atoms with Crippen molar-refractivity contribution in [1.29, 1.82) is 0 Å². The van der Waals surface area contributed by atoms with Crippen LogP contribution in [0.15, 0.2) is 12.5 Å². The predicted octanol–water partition coefficient (Wildman–Crippen LogP) is 1.62. The first kappa shape index (κ1) is 9.71. The van der Waals surface area contributed by atoms with E-state index in [0.29, 0.717) is 6.04 Å². The summed E-state index contributed by atoms with van der Waals surface area (Å²) in [4.78, 5) is 4.23. The van der Waals surface area contributed by atoms with Gasteiger partial charge in [-0.1, -0.05) is 0 Å². The van der Waals surface area contributed by atoms with Crippen LogP contribution in [0.5, 0.6) is 0 Å². The van der Waals surface area contributed by atoms with Crippen molar-refractivity contribution in [3.8, 4) is 0 Å². The lowest BCUT2D eigenvalue weighted by Gasteiger charge is -2.14. The van der Waals surface area contributed by atoms with Gasteiger partial charge in [0.1, 0.15) is 0 Å². The van der Waals surface area contributed by atoms with Gasteiger partial charge in [0, 0.05) is 17.9 Å². The third-order valence-electron chi connectivity index (χ3n) is 2.96. The number of rotatable bonds is 3. The molecule has 1 aliphatic rings. The first-order chi connectivity index (χ1) is 6.77. The second kappa shape index (κ2) is 4.13. The van der Waals surface area contributed by atoms with Crippen LogP contribution in [0.1, 0.15) is 32.0 Å². The molecular formula is C11H19N3. The van der Waals surface area contributed by atoms with Gasteiger partial charge in [0.15, 0.2) is 0 Å². The molecule has 1 unspecified atom stereocenters. The average molecular weight is 193 g/mol. The molecule has 2 heterocycles. The molecule has 3 heteroatoms. The Hall–Kier alpha value is -0.830. The molecular weight excluding hydrogens is 174 g/mol. The molecule has 0 aromatic carbocycles. The quantitative estimate of drug-likeness (QED) is 0.790. The molecule has 0 radical (unpaired) electrons. The molecule has 1 aromatic heterocycles. The Bertz CT molecular complexity index is 284. The van der Waals surface area contributed by atoms with Crippen LogP contribution in [0.2, 0.25) is 0 Å². The van der Waals surface area contributed by atoms with E-state index in [1.807, 2.05) is 12.5 Å². The van der Waals surface area contributed by atoms with E-state index in [1.165, 1.54) is 31.6 Å². The maximum absolute atomic E-state index is 4.23. The highest BCUT2D eigenvalue weighted by molar-refractivity contribution is 5.02. The zero-order chi connectivity index (χ0) is 9.97. The number of hydrogen-bond donors (Lipinski definition) is 1. The summed E-state index contributed by atoms with van der Waals surface area (Å²) < 4.78 is 2.28. The van der Waals surface area contributed by atoms with Crippen LogP contribution in [-0.2, 0) is 6.42 Å². The highest BCUT2D eigenvalue weighted by Crippen LogP contribution is 2.17. The normalized spacial score (nSPS) is 22.1. The van der Waals surface area contributed by atoms with Crippen molar-refractivity contribution in [2.75, 3.05) is 13.1 Å². The van der Waals surface area contributed by atoms with Crippen LogP contribution in [0, 0.1) is 5.92 Å². The van der Waals surface area contributed by atoms with Gasteiger partial charge >= 0.3 is 0 Å². The number of imidazole rings is 1. The van der Waals surface area contributed by atoms with E-state index in [9.17, 15) is 0 Å². The van der Waals surface area contributed by atoms with E-state index in [4.69, 9.17) is 0 Å². The zero-order valence-corrected chi connectivity index (χ0v) is 9.03. The second-order valence-corrected chi connectivity index (χ2v) is 4.45. The van der Waals surface area contributed by atoms with E-state index in [1.54, 1.807) is 0 Å². The highest BCUT2D eigenvalue weighted by Gasteiger charge is 2.17. The fourth-order valence-corrected chi connectivity index (χ4v) is 2.14. The summed E-state index contributed by atoms with van der Waals surface area (Å²) in [5, 5.41) is 3.40. The van der Waals surface area contributed by atoms with Gasteiger partial charge in [0.2, 0.25) is 0 Å². The Morgan fingerprint density at radius 1 is 1.64 bits per heavy atom. The maximum atomic E-state index is 4.23. The Kier molecular flexibility index (Phi) is 2.87. The Morgan fingerprint density at radius 2 is 2.50 bits per heavy atom. The molecule has 0 saturated carbocycles. The molecule has 0 bridgehead atoms. The van der Waals surface area contributed by atoms with Crippen LogP contribution in [0.4, 0.5) is 0 Å². The van der Waals surface area contributed by atoms with Crippen molar-refractivity contribution in [1.82, 2.24) is 14.9 Å². The van der Waals surface area contributed by atoms with E-state index in [-0.39, 0.29) is 0 Å². The van der Waals surface area contributed by atoms with Gasteiger partial charge in [-0.15, -0.1) is 0 Å². The molecule has 1 aliphatic heterocycles. The minimum absolute atomic E-state index is 0.530. The smallest absolute Gasteiger partial charge is 0.0950 e. The van der Waals surface area contributed by atoms with Crippen molar-refractivity contribution in [3.63, 3.8) is 0 Å². The van der Waals surface area contributed by atoms with Crippen LogP contribution in [0.25, 0.3) is 0 Å². The Labute approximate surface area is 85.5 Å². The van der Waals surface area contributed by atoms with Gasteiger partial charge in [-0.2, -0.15) is 0 Å². The molecule has 14 heavy (non-hydrogen) atoms. The minimum Gasteiger partial charge on any atom is -0.332 e. The molecule has 0 aliphatic carbocycles. The van der Waals surface area contributed by atoms with E-state index in [2.05, 4.69) is 28.7 Å². The lowest BCUT2D eigenvalue weighted by atomic mass is 10.0. The summed E-state index contributed by atoms with van der Waals surface area (Å²) in [6.07, 6.45) is 6.44. The average Bonchev–Trinajstić information content (AvgIpc) is 2.75. The molecule has 3 nitrogen and oxygen atoms in total. The number of aromatic nitrogens is 2. The summed E-state index contributed by atoms with van der Waals surface area (Å²) in [6, 6.07) is 0.530. The monoisotopic (exact) mass is 193 g/mol. The lowest BCUT2D eigenvalue weighted by Crippen LogP contribution is -2.13. The summed E-state index contributed by atoms with van der Waals surface area (Å²) in [5.74, 6) is 0.809. The zero-order valence-electron chi connectivity index (χ0n) is 9.03. The third kappa shape index (κ3) is 1.98. The first-order valence-electron chi connectivity index (χ1n) is 5.49. The lowest BCUT2D eigenvalue weighted by molar-refractivity contribution is 0.516. The van der Waals surface area contributed by atoms with Crippen molar-refractivity contribution in [2.45, 2.75) is 32.7 Å². The third-order valence-corrected chi connectivity index (χ3v) is 2.96. The van der Waals surface area contributed by atoms with Crippen molar-refractivity contribution < 1.29 is 0 Å². The highest BCUT2D eigenvalue weighted by atomic mass is 15.1. The van der Waals surface area contributed by atoms with Crippen LogP contribution in [-0.4, -0.2) is 22.6 Å². The van der Waals surface area contributed by atoms with E-state index < -0.39 is 0 Å². The Balaban J connectivity index is 2.04. The molecule has 0 spiro atoms. The van der Waals surface area contributed by atoms with Gasteiger partial charge < -0.3 is 9.88 Å². The Morgan fingerprint density at radius 3 is 3.14 bits per heavy atom. The van der Waals surface area contributed by atoms with Crippen molar-refractivity contribution in [3.05, 3.63) is 18.2 Å². The molecule has 1 saturated heterocycles. The standard InChI is InChI=1S/C11H19N3/c1-9(2)14-8-13-7-11(14)5-10-3-4-12-6-10/h7-10,12H,3-6H2,1-2H3. The molecule has 1 N–H and O–H groups in total. The largest absolute Gasteiger partial charge is 0.332 e. The van der Waals surface area contributed by atoms with Gasteiger partial charge in [-0.05, 0) is 45.7 Å².